The molecule has 2 atom stereocenters. The third kappa shape index (κ3) is 2.21. The van der Waals surface area contributed by atoms with Gasteiger partial charge in [0.2, 0.25) is 11.8 Å². The number of benzene rings is 1. The van der Waals surface area contributed by atoms with Gasteiger partial charge in [-0.25, -0.2) is 0 Å². The van der Waals surface area contributed by atoms with Crippen LogP contribution in [0.3, 0.4) is 0 Å². The van der Waals surface area contributed by atoms with Crippen molar-refractivity contribution in [3.63, 3.8) is 0 Å². The van der Waals surface area contributed by atoms with Gasteiger partial charge in [0.05, 0.1) is 16.1 Å². The normalized spacial score (nSPS) is 22.9. The summed E-state index contributed by atoms with van der Waals surface area (Å²) in [5.41, 5.74) is 0.599. The first kappa shape index (κ1) is 13.5. The fourth-order valence-electron chi connectivity index (χ4n) is 2.14. The van der Waals surface area contributed by atoms with Gasteiger partial charge < -0.3 is 0 Å². The monoisotopic (exact) mass is 280 g/mol. The summed E-state index contributed by atoms with van der Waals surface area (Å²) in [6.45, 7) is 0. The summed E-state index contributed by atoms with van der Waals surface area (Å²) in [5.74, 6) is -1.05. The van der Waals surface area contributed by atoms with Crippen molar-refractivity contribution >= 4 is 29.3 Å². The first-order valence-electron chi connectivity index (χ1n) is 5.56. The van der Waals surface area contributed by atoms with E-state index < -0.39 is 16.1 Å². The summed E-state index contributed by atoms with van der Waals surface area (Å²) < 4.78 is 0. The molecule has 0 bridgehead atoms. The van der Waals surface area contributed by atoms with Gasteiger partial charge >= 0.3 is 0 Å². The number of non-ortho nitro benzene ring substituents is 1. The number of carbonyl (C=O) groups is 2. The van der Waals surface area contributed by atoms with Crippen LogP contribution >= 0.6 is 11.8 Å². The lowest BCUT2D eigenvalue weighted by molar-refractivity contribution is -0.384. The summed E-state index contributed by atoms with van der Waals surface area (Å²) in [6.07, 6.45) is 1.77. The third-order valence-electron chi connectivity index (χ3n) is 3.19. The van der Waals surface area contributed by atoms with Crippen LogP contribution in [0.4, 0.5) is 5.69 Å². The Bertz CT molecular complexity index is 543. The third-order valence-corrected chi connectivity index (χ3v) is 4.17. The summed E-state index contributed by atoms with van der Waals surface area (Å²) in [4.78, 5) is 35.2. The Morgan fingerprint density at radius 2 is 1.79 bits per heavy atom. The highest BCUT2D eigenvalue weighted by atomic mass is 32.2. The number of hydrogen-bond donors (Lipinski definition) is 0. The van der Waals surface area contributed by atoms with Crippen molar-refractivity contribution in [2.75, 3.05) is 13.3 Å². The average Bonchev–Trinajstić information content (AvgIpc) is 2.62. The van der Waals surface area contributed by atoms with Crippen LogP contribution in [0, 0.1) is 10.1 Å². The first-order chi connectivity index (χ1) is 8.97. The van der Waals surface area contributed by atoms with Crippen LogP contribution in [-0.2, 0) is 9.59 Å². The standard InChI is InChI=1S/C12H12N2O4S/c1-13-11(15)9(10(19-2)12(13)16)7-3-5-8(6-4-7)14(17)18/h3-6,9-10H,1-2H3/t9-,10-/m0/s1. The molecule has 1 aliphatic heterocycles. The van der Waals surface area contributed by atoms with Crippen LogP contribution in [-0.4, -0.2) is 40.2 Å². The van der Waals surface area contributed by atoms with Crippen LogP contribution in [0.15, 0.2) is 24.3 Å². The second kappa shape index (κ2) is 5.00. The molecular weight excluding hydrogens is 268 g/mol. The van der Waals surface area contributed by atoms with E-state index in [-0.39, 0.29) is 17.5 Å². The zero-order chi connectivity index (χ0) is 14.2. The zero-order valence-electron chi connectivity index (χ0n) is 10.4. The maximum Gasteiger partial charge on any atom is 0.269 e. The van der Waals surface area contributed by atoms with Crippen molar-refractivity contribution < 1.29 is 14.5 Å². The van der Waals surface area contributed by atoms with Crippen LogP contribution in [0.25, 0.3) is 0 Å². The van der Waals surface area contributed by atoms with Gasteiger partial charge in [0.15, 0.2) is 0 Å². The van der Waals surface area contributed by atoms with Crippen molar-refractivity contribution in [3.8, 4) is 0 Å². The Morgan fingerprint density at radius 3 is 2.26 bits per heavy atom. The van der Waals surface area contributed by atoms with Crippen molar-refractivity contribution in [1.82, 2.24) is 4.90 Å². The van der Waals surface area contributed by atoms with Crippen LogP contribution in [0.1, 0.15) is 11.5 Å². The molecular formula is C12H12N2O4S. The summed E-state index contributed by atoms with van der Waals surface area (Å²) in [5, 5.41) is 10.1. The zero-order valence-corrected chi connectivity index (χ0v) is 11.2. The van der Waals surface area contributed by atoms with E-state index in [4.69, 9.17) is 0 Å². The highest BCUT2D eigenvalue weighted by Crippen LogP contribution is 2.36. The number of amides is 2. The van der Waals surface area contributed by atoms with E-state index >= 15 is 0 Å². The number of rotatable bonds is 3. The number of likely N-dealkylation sites (N-methyl/N-ethyl adjacent to an activating group) is 1. The maximum atomic E-state index is 12.1. The number of likely N-dealkylation sites (tertiary alicyclic amines) is 1. The minimum Gasteiger partial charge on any atom is -0.284 e. The van der Waals surface area contributed by atoms with Gasteiger partial charge in [-0.2, -0.15) is 11.8 Å². The lowest BCUT2D eigenvalue weighted by atomic mass is 9.97. The number of nitro groups is 1. The van der Waals surface area contributed by atoms with Gasteiger partial charge in [-0.1, -0.05) is 12.1 Å². The van der Waals surface area contributed by atoms with Gasteiger partial charge in [-0.3, -0.25) is 24.6 Å². The lowest BCUT2D eigenvalue weighted by Gasteiger charge is -2.12. The van der Waals surface area contributed by atoms with Gasteiger partial charge in [0.25, 0.3) is 5.69 Å². The molecule has 0 aliphatic carbocycles. The van der Waals surface area contributed by atoms with E-state index in [0.29, 0.717) is 5.56 Å². The molecule has 1 heterocycles. The summed E-state index contributed by atoms with van der Waals surface area (Å²) >= 11 is 1.32. The molecule has 1 aromatic carbocycles. The topological polar surface area (TPSA) is 80.5 Å². The van der Waals surface area contributed by atoms with E-state index in [9.17, 15) is 19.7 Å². The molecule has 19 heavy (non-hydrogen) atoms. The summed E-state index contributed by atoms with van der Waals surface area (Å²) in [6, 6.07) is 5.78. The number of thioether (sulfide) groups is 1. The van der Waals surface area contributed by atoms with Gasteiger partial charge in [0, 0.05) is 19.2 Å². The highest BCUT2D eigenvalue weighted by molar-refractivity contribution is 8.00. The van der Waals surface area contributed by atoms with Crippen molar-refractivity contribution in [2.45, 2.75) is 11.2 Å². The molecule has 2 rings (SSSR count). The van der Waals surface area contributed by atoms with Gasteiger partial charge in [0.1, 0.15) is 0 Å². The molecule has 1 aliphatic rings. The van der Waals surface area contributed by atoms with E-state index in [1.807, 2.05) is 0 Å². The molecule has 1 aromatic rings. The molecule has 0 N–H and O–H groups in total. The number of carbonyl (C=O) groups excluding carboxylic acids is 2. The molecule has 7 heteroatoms. The predicted octanol–water partition coefficient (Wildman–Crippen LogP) is 1.41. The molecule has 100 valence electrons. The number of nitrogens with zero attached hydrogens (tertiary/aromatic N) is 2. The fourth-order valence-corrected chi connectivity index (χ4v) is 3.04. The second-order valence-electron chi connectivity index (χ2n) is 4.22. The molecule has 1 fully saturated rings. The Labute approximate surface area is 113 Å². The molecule has 0 unspecified atom stereocenters. The molecule has 0 radical (unpaired) electrons. The molecule has 6 nitrogen and oxygen atoms in total. The predicted molar refractivity (Wildman–Crippen MR) is 70.9 cm³/mol. The highest BCUT2D eigenvalue weighted by Gasteiger charge is 2.46. The Hall–Kier alpha value is -1.89. The number of imide groups is 1. The van der Waals surface area contributed by atoms with Crippen molar-refractivity contribution in [3.05, 3.63) is 39.9 Å². The summed E-state index contributed by atoms with van der Waals surface area (Å²) in [7, 11) is 1.46. The molecule has 0 aromatic heterocycles. The average molecular weight is 280 g/mol. The maximum absolute atomic E-state index is 12.1. The van der Waals surface area contributed by atoms with Crippen molar-refractivity contribution in [1.29, 1.82) is 0 Å². The quantitative estimate of drug-likeness (QED) is 0.475. The smallest absolute Gasteiger partial charge is 0.269 e. The van der Waals surface area contributed by atoms with Gasteiger partial charge in [-0.05, 0) is 11.8 Å². The Morgan fingerprint density at radius 1 is 1.21 bits per heavy atom. The van der Waals surface area contributed by atoms with Crippen LogP contribution in [0.5, 0.6) is 0 Å². The van der Waals surface area contributed by atoms with E-state index in [1.54, 1.807) is 6.26 Å². The van der Waals surface area contributed by atoms with E-state index in [2.05, 4.69) is 0 Å². The number of nitro benzene ring substituents is 1. The van der Waals surface area contributed by atoms with Crippen LogP contribution in [0.2, 0.25) is 0 Å². The van der Waals surface area contributed by atoms with Crippen molar-refractivity contribution in [2.24, 2.45) is 0 Å². The molecule has 0 saturated carbocycles. The largest absolute Gasteiger partial charge is 0.284 e. The van der Waals surface area contributed by atoms with Gasteiger partial charge in [-0.15, -0.1) is 0 Å². The molecule has 1 saturated heterocycles. The lowest BCUT2D eigenvalue weighted by Crippen LogP contribution is -2.26. The SMILES string of the molecule is CS[C@@H]1C(=O)N(C)C(=O)[C@H]1c1ccc([N+](=O)[O-])cc1. The Kier molecular flexibility index (Phi) is 3.57. The molecule has 0 spiro atoms. The van der Waals surface area contributed by atoms with E-state index in [0.717, 1.165) is 4.90 Å². The number of hydrogen-bond acceptors (Lipinski definition) is 5. The second-order valence-corrected chi connectivity index (χ2v) is 5.20. The Balaban J connectivity index is 2.37. The minimum atomic E-state index is -0.562. The first-order valence-corrected chi connectivity index (χ1v) is 6.84. The minimum absolute atomic E-state index is 0.0328. The van der Waals surface area contributed by atoms with Crippen LogP contribution < -0.4 is 0 Å². The van der Waals surface area contributed by atoms with E-state index in [1.165, 1.54) is 43.1 Å². The molecule has 2 amide bonds. The fraction of sp³-hybridized carbons (Fsp3) is 0.333.